The third kappa shape index (κ3) is 9.90. The van der Waals surface area contributed by atoms with Crippen LogP contribution in [0.1, 0.15) is 50.6 Å². The molecule has 0 radical (unpaired) electrons. The number of carbonyl (C=O) groups excluding carboxylic acids is 2. The quantitative estimate of drug-likeness (QED) is 0.137. The highest BCUT2D eigenvalue weighted by Gasteiger charge is 2.50. The zero-order chi connectivity index (χ0) is 41.1. The van der Waals surface area contributed by atoms with Gasteiger partial charge >= 0.3 is 6.09 Å². The lowest BCUT2D eigenvalue weighted by Crippen LogP contribution is -2.65. The van der Waals surface area contributed by atoms with Gasteiger partial charge in [0.15, 0.2) is 0 Å². The summed E-state index contributed by atoms with van der Waals surface area (Å²) in [5, 5.41) is 17.5. The van der Waals surface area contributed by atoms with Crippen LogP contribution >= 0.6 is 23.2 Å². The van der Waals surface area contributed by atoms with E-state index in [1.165, 1.54) is 9.80 Å². The number of benzene rings is 3. The number of aromatic nitrogens is 2. The summed E-state index contributed by atoms with van der Waals surface area (Å²) >= 11 is 12.5. The lowest BCUT2D eigenvalue weighted by Gasteiger charge is -2.44. The van der Waals surface area contributed by atoms with Crippen LogP contribution in [-0.4, -0.2) is 104 Å². The van der Waals surface area contributed by atoms with Crippen molar-refractivity contribution in [3.05, 3.63) is 99.9 Å². The topological polar surface area (TPSA) is 141 Å². The van der Waals surface area contributed by atoms with Gasteiger partial charge in [-0.15, -0.1) is 0 Å². The highest BCUT2D eigenvalue weighted by atomic mass is 35.5. The Morgan fingerprint density at radius 1 is 1.05 bits per heavy atom. The molecule has 2 saturated heterocycles. The maximum atomic E-state index is 14.2. The first-order valence-electron chi connectivity index (χ1n) is 19.0. The minimum absolute atomic E-state index is 0.0111. The number of imidazole rings is 1. The first kappa shape index (κ1) is 42.0. The fourth-order valence-electron chi connectivity index (χ4n) is 7.63. The highest BCUT2D eigenvalue weighted by molar-refractivity contribution is 6.31. The molecule has 1 aromatic heterocycles. The Morgan fingerprint density at radius 3 is 2.44 bits per heavy atom. The van der Waals surface area contributed by atoms with E-state index in [1.54, 1.807) is 45.0 Å². The number of amides is 3. The molecule has 0 spiro atoms. The summed E-state index contributed by atoms with van der Waals surface area (Å²) in [6.07, 6.45) is 2.34. The molecule has 4 aromatic rings. The summed E-state index contributed by atoms with van der Waals surface area (Å²) in [5.74, 6) is 1.39. The van der Waals surface area contributed by atoms with Gasteiger partial charge < -0.3 is 39.6 Å². The third-order valence-corrected chi connectivity index (χ3v) is 11.1. The molecule has 13 nitrogen and oxygen atoms in total. The second-order valence-corrected chi connectivity index (χ2v) is 16.6. The number of halogens is 2. The Balaban J connectivity index is 1.14. The van der Waals surface area contributed by atoms with E-state index in [4.69, 9.17) is 32.7 Å². The van der Waals surface area contributed by atoms with Crippen molar-refractivity contribution in [2.24, 2.45) is 7.05 Å². The first-order valence-corrected chi connectivity index (χ1v) is 19.8. The summed E-state index contributed by atoms with van der Waals surface area (Å²) in [7, 11) is 6.02. The second-order valence-electron chi connectivity index (χ2n) is 15.7. The molecule has 15 heteroatoms. The predicted octanol–water partition coefficient (Wildman–Crippen LogP) is 6.56. The van der Waals surface area contributed by atoms with Gasteiger partial charge in [-0.1, -0.05) is 41.4 Å². The molecular formula is C42H51Cl2N7O6. The largest absolute Gasteiger partial charge is 0.465 e. The predicted molar refractivity (Wildman–Crippen MR) is 219 cm³/mol. The van der Waals surface area contributed by atoms with Crippen molar-refractivity contribution in [1.82, 2.24) is 34.9 Å². The molecule has 0 bridgehead atoms. The smallest absolute Gasteiger partial charge is 0.407 e. The lowest BCUT2D eigenvalue weighted by atomic mass is 9.82. The molecule has 1 unspecified atom stereocenters. The van der Waals surface area contributed by atoms with Gasteiger partial charge in [-0.25, -0.2) is 9.78 Å². The highest BCUT2D eigenvalue weighted by Crippen LogP contribution is 2.33. The standard InChI is InChI=1S/C42H51Cl2N7O6/c1-27(45-22-30-10-15-32(44)20-36(30)57-33-16-11-29(12-17-33)34-23-46-37(49(34)6)24-48(4)5)39(53)51-35(25-56-41(51,2)3)38(52)47-42(18-7-19-50(26-42)40(54)55)21-28-8-13-31(43)14-9-28/h8-17,20,23,27,35,45H,7,18-19,21-22,24-26H2,1-6H3,(H,47,52)(H,54,55)/t27-,35-,42?/m0/s1. The minimum atomic E-state index is -1.08. The SMILES string of the molecule is C[C@H](NCc1ccc(Cl)cc1Oc1ccc(-c2cnc(CN(C)C)n2C)cc1)C(=O)N1[C@H](C(=O)NC2(Cc3ccc(Cl)cc3)CCCN(C(=O)O)C2)COC1(C)C. The van der Waals surface area contributed by atoms with E-state index in [1.807, 2.05) is 69.8 Å². The molecule has 3 N–H and O–H groups in total. The Labute approximate surface area is 343 Å². The average Bonchev–Trinajstić information content (AvgIpc) is 3.69. The minimum Gasteiger partial charge on any atom is -0.465 e. The number of nitrogens with one attached hydrogen (secondary N) is 2. The summed E-state index contributed by atoms with van der Waals surface area (Å²) in [6, 6.07) is 18.7. The molecule has 57 heavy (non-hydrogen) atoms. The molecule has 3 heterocycles. The van der Waals surface area contributed by atoms with Gasteiger partial charge in [-0.2, -0.15) is 0 Å². The normalized spacial score (nSPS) is 19.8. The van der Waals surface area contributed by atoms with Crippen LogP contribution in [-0.2, 0) is 40.9 Å². The number of carboxylic acid groups (broad SMARTS) is 1. The molecule has 2 aliphatic heterocycles. The molecule has 0 aliphatic carbocycles. The van der Waals surface area contributed by atoms with Crippen molar-refractivity contribution in [3.63, 3.8) is 0 Å². The van der Waals surface area contributed by atoms with Crippen molar-refractivity contribution in [2.75, 3.05) is 33.8 Å². The van der Waals surface area contributed by atoms with Gasteiger partial charge in [0.25, 0.3) is 0 Å². The number of nitrogens with zero attached hydrogens (tertiary/aromatic N) is 5. The molecule has 304 valence electrons. The molecule has 3 amide bonds. The van der Waals surface area contributed by atoms with Crippen LogP contribution in [0, 0.1) is 0 Å². The molecule has 6 rings (SSSR count). The van der Waals surface area contributed by atoms with Crippen molar-refractivity contribution >= 4 is 41.1 Å². The number of ether oxygens (including phenoxy) is 2. The maximum absolute atomic E-state index is 14.2. The number of hydrogen-bond acceptors (Lipinski definition) is 8. The summed E-state index contributed by atoms with van der Waals surface area (Å²) in [6.45, 7) is 6.73. The van der Waals surface area contributed by atoms with Crippen molar-refractivity contribution in [2.45, 2.75) is 76.5 Å². The van der Waals surface area contributed by atoms with E-state index in [0.717, 1.165) is 34.8 Å². The number of hydrogen-bond donors (Lipinski definition) is 3. The molecular weight excluding hydrogens is 769 g/mol. The lowest BCUT2D eigenvalue weighted by molar-refractivity contribution is -0.152. The fourth-order valence-corrected chi connectivity index (χ4v) is 7.92. The Kier molecular flexibility index (Phi) is 12.8. The summed E-state index contributed by atoms with van der Waals surface area (Å²) in [5.41, 5.74) is 1.70. The first-order chi connectivity index (χ1) is 27.0. The van der Waals surface area contributed by atoms with Crippen molar-refractivity contribution in [3.8, 4) is 22.8 Å². The molecule has 3 atom stereocenters. The van der Waals surface area contributed by atoms with Gasteiger partial charge in [0.1, 0.15) is 29.1 Å². The fraction of sp³-hybridized carbons (Fsp3) is 0.429. The second kappa shape index (κ2) is 17.5. The van der Waals surface area contributed by atoms with E-state index in [9.17, 15) is 19.5 Å². The molecule has 0 saturated carbocycles. The number of rotatable bonds is 13. The monoisotopic (exact) mass is 819 g/mol. The van der Waals surface area contributed by atoms with Crippen LogP contribution in [0.3, 0.4) is 0 Å². The Bertz CT molecular complexity index is 2070. The molecule has 2 aliphatic rings. The maximum Gasteiger partial charge on any atom is 0.407 e. The van der Waals surface area contributed by atoms with Gasteiger partial charge in [-0.05, 0) is 108 Å². The van der Waals surface area contributed by atoms with Crippen LogP contribution in [0.5, 0.6) is 11.5 Å². The average molecular weight is 821 g/mol. The van der Waals surface area contributed by atoms with Crippen molar-refractivity contribution < 1.29 is 29.0 Å². The van der Waals surface area contributed by atoms with E-state index < -0.39 is 35.3 Å². The van der Waals surface area contributed by atoms with Gasteiger partial charge in [0.05, 0.1) is 36.6 Å². The number of piperidine rings is 1. The number of carbonyl (C=O) groups is 3. The van der Waals surface area contributed by atoms with Crippen LogP contribution in [0.2, 0.25) is 10.0 Å². The van der Waals surface area contributed by atoms with Crippen LogP contribution in [0.4, 0.5) is 4.79 Å². The van der Waals surface area contributed by atoms with Crippen LogP contribution in [0.15, 0.2) is 72.9 Å². The number of likely N-dealkylation sites (tertiary alicyclic amines) is 1. The van der Waals surface area contributed by atoms with E-state index in [0.29, 0.717) is 47.4 Å². The Hall–Kier alpha value is -4.66. The van der Waals surface area contributed by atoms with Gasteiger partial charge in [-0.3, -0.25) is 14.5 Å². The van der Waals surface area contributed by atoms with Crippen molar-refractivity contribution in [1.29, 1.82) is 0 Å². The van der Waals surface area contributed by atoms with Crippen LogP contribution in [0.25, 0.3) is 11.3 Å². The molecule has 2 fully saturated rings. The zero-order valence-electron chi connectivity index (χ0n) is 33.2. The van der Waals surface area contributed by atoms with E-state index in [2.05, 4.69) is 25.1 Å². The Morgan fingerprint density at radius 2 is 1.75 bits per heavy atom. The van der Waals surface area contributed by atoms with Gasteiger partial charge in [0, 0.05) is 47.9 Å². The molecule has 3 aromatic carbocycles. The summed E-state index contributed by atoms with van der Waals surface area (Å²) in [4.78, 5) is 50.0. The van der Waals surface area contributed by atoms with Crippen LogP contribution < -0.4 is 15.4 Å². The summed E-state index contributed by atoms with van der Waals surface area (Å²) < 4.78 is 14.5. The van der Waals surface area contributed by atoms with Gasteiger partial charge in [0.2, 0.25) is 11.8 Å². The van der Waals surface area contributed by atoms with E-state index in [-0.39, 0.29) is 25.6 Å². The van der Waals surface area contributed by atoms with E-state index >= 15 is 0 Å². The zero-order valence-corrected chi connectivity index (χ0v) is 34.7. The third-order valence-electron chi connectivity index (χ3n) is 10.6.